The van der Waals surface area contributed by atoms with E-state index in [0.717, 1.165) is 10.6 Å². The van der Waals surface area contributed by atoms with Crippen molar-refractivity contribution in [2.24, 2.45) is 0 Å². The Labute approximate surface area is 145 Å². The Morgan fingerprint density at radius 2 is 1.83 bits per heavy atom. The second-order valence-electron chi connectivity index (χ2n) is 5.83. The molecule has 3 N–H and O–H groups in total. The molecule has 0 radical (unpaired) electrons. The quantitative estimate of drug-likeness (QED) is 0.720. The van der Waals surface area contributed by atoms with E-state index in [4.69, 9.17) is 0 Å². The molecule has 2 rings (SSSR count). The molecule has 0 saturated heterocycles. The molecule has 0 aliphatic rings. The van der Waals surface area contributed by atoms with Gasteiger partial charge in [-0.25, -0.2) is 0 Å². The fourth-order valence-electron chi connectivity index (χ4n) is 2.04. The minimum atomic E-state index is -1.21. The standard InChI is InChI=1S/C17H21N3O3S/c1-17(23,14-5-4-10-24-14)11-18-15(21)16(22)19-12-6-8-13(9-7-12)20(2)3/h4-10,23H,11H2,1-3H3,(H,18,21)(H,19,22)/t17-/m1/s1. The molecular weight excluding hydrogens is 326 g/mol. The first-order valence-corrected chi connectivity index (χ1v) is 8.30. The Morgan fingerprint density at radius 1 is 1.17 bits per heavy atom. The Morgan fingerprint density at radius 3 is 2.38 bits per heavy atom. The molecule has 0 fully saturated rings. The third kappa shape index (κ3) is 4.56. The molecule has 6 nitrogen and oxygen atoms in total. The summed E-state index contributed by atoms with van der Waals surface area (Å²) in [6.07, 6.45) is 0. The van der Waals surface area contributed by atoms with E-state index in [1.54, 1.807) is 25.1 Å². The molecule has 24 heavy (non-hydrogen) atoms. The average molecular weight is 347 g/mol. The van der Waals surface area contributed by atoms with Crippen LogP contribution in [0, 0.1) is 0 Å². The number of hydrogen-bond donors (Lipinski definition) is 3. The van der Waals surface area contributed by atoms with Crippen LogP contribution in [0.15, 0.2) is 41.8 Å². The maximum atomic E-state index is 11.9. The van der Waals surface area contributed by atoms with Crippen molar-refractivity contribution in [1.29, 1.82) is 0 Å². The Hall–Kier alpha value is -2.38. The van der Waals surface area contributed by atoms with E-state index < -0.39 is 17.4 Å². The molecule has 0 aliphatic heterocycles. The molecule has 0 spiro atoms. The lowest BCUT2D eigenvalue weighted by Crippen LogP contribution is -2.42. The zero-order chi connectivity index (χ0) is 17.7. The number of hydrogen-bond acceptors (Lipinski definition) is 5. The highest BCUT2D eigenvalue weighted by molar-refractivity contribution is 7.10. The van der Waals surface area contributed by atoms with Crippen LogP contribution in [0.5, 0.6) is 0 Å². The van der Waals surface area contributed by atoms with Gasteiger partial charge in [-0.3, -0.25) is 9.59 Å². The summed E-state index contributed by atoms with van der Waals surface area (Å²) >= 11 is 1.39. The zero-order valence-corrected chi connectivity index (χ0v) is 14.7. The van der Waals surface area contributed by atoms with Gasteiger partial charge >= 0.3 is 11.8 Å². The topological polar surface area (TPSA) is 81.7 Å². The first kappa shape index (κ1) is 18.0. The van der Waals surface area contributed by atoms with E-state index in [9.17, 15) is 14.7 Å². The number of carbonyl (C=O) groups is 2. The highest BCUT2D eigenvalue weighted by Crippen LogP contribution is 2.24. The summed E-state index contributed by atoms with van der Waals surface area (Å²) in [4.78, 5) is 26.5. The number of aliphatic hydroxyl groups is 1. The van der Waals surface area contributed by atoms with Crippen LogP contribution in [0.2, 0.25) is 0 Å². The van der Waals surface area contributed by atoms with Crippen LogP contribution >= 0.6 is 11.3 Å². The highest BCUT2D eigenvalue weighted by Gasteiger charge is 2.26. The summed E-state index contributed by atoms with van der Waals surface area (Å²) in [6.45, 7) is 1.55. The van der Waals surface area contributed by atoms with Crippen LogP contribution in [0.1, 0.15) is 11.8 Å². The maximum Gasteiger partial charge on any atom is 0.313 e. The fraction of sp³-hybridized carbons (Fsp3) is 0.294. The first-order chi connectivity index (χ1) is 11.3. The zero-order valence-electron chi connectivity index (χ0n) is 13.9. The summed E-state index contributed by atoms with van der Waals surface area (Å²) in [5.74, 6) is -1.56. The van der Waals surface area contributed by atoms with E-state index in [-0.39, 0.29) is 6.54 Å². The molecule has 2 aromatic rings. The summed E-state index contributed by atoms with van der Waals surface area (Å²) in [5, 5.41) is 17.2. The Balaban J connectivity index is 1.89. The van der Waals surface area contributed by atoms with Crippen molar-refractivity contribution >= 4 is 34.5 Å². The predicted octanol–water partition coefficient (Wildman–Crippen LogP) is 1.78. The summed E-state index contributed by atoms with van der Waals surface area (Å²) in [6, 6.07) is 10.7. The highest BCUT2D eigenvalue weighted by atomic mass is 32.1. The molecule has 1 atom stereocenters. The van der Waals surface area contributed by atoms with Crippen LogP contribution in [-0.2, 0) is 15.2 Å². The summed E-state index contributed by atoms with van der Waals surface area (Å²) < 4.78 is 0. The van der Waals surface area contributed by atoms with Gasteiger partial charge in [0, 0.05) is 30.3 Å². The van der Waals surface area contributed by atoms with E-state index in [1.807, 2.05) is 42.6 Å². The second kappa shape index (κ2) is 7.46. The molecule has 0 aliphatic carbocycles. The normalized spacial score (nSPS) is 13.0. The van der Waals surface area contributed by atoms with Gasteiger partial charge < -0.3 is 20.6 Å². The van der Waals surface area contributed by atoms with Crippen molar-refractivity contribution < 1.29 is 14.7 Å². The van der Waals surface area contributed by atoms with Gasteiger partial charge in [-0.05, 0) is 42.6 Å². The first-order valence-electron chi connectivity index (χ1n) is 7.42. The van der Waals surface area contributed by atoms with Crippen LogP contribution < -0.4 is 15.5 Å². The summed E-state index contributed by atoms with van der Waals surface area (Å²) in [5.41, 5.74) is 0.312. The van der Waals surface area contributed by atoms with Gasteiger partial charge in [-0.15, -0.1) is 11.3 Å². The number of amides is 2. The van der Waals surface area contributed by atoms with Crippen LogP contribution in [0.4, 0.5) is 11.4 Å². The number of benzene rings is 1. The van der Waals surface area contributed by atoms with Crippen LogP contribution in [0.25, 0.3) is 0 Å². The molecule has 0 bridgehead atoms. The van der Waals surface area contributed by atoms with E-state index in [1.165, 1.54) is 11.3 Å². The smallest absolute Gasteiger partial charge is 0.313 e. The lowest BCUT2D eigenvalue weighted by molar-refractivity contribution is -0.136. The van der Waals surface area contributed by atoms with Crippen molar-refractivity contribution in [2.75, 3.05) is 30.9 Å². The van der Waals surface area contributed by atoms with Crippen LogP contribution in [0.3, 0.4) is 0 Å². The molecular formula is C17H21N3O3S. The number of anilines is 2. The van der Waals surface area contributed by atoms with E-state index in [2.05, 4.69) is 10.6 Å². The largest absolute Gasteiger partial charge is 0.383 e. The number of nitrogens with zero attached hydrogens (tertiary/aromatic N) is 1. The summed E-state index contributed by atoms with van der Waals surface area (Å²) in [7, 11) is 3.83. The van der Waals surface area contributed by atoms with E-state index >= 15 is 0 Å². The van der Waals surface area contributed by atoms with Crippen molar-refractivity contribution in [3.05, 3.63) is 46.7 Å². The average Bonchev–Trinajstić information content (AvgIpc) is 3.08. The maximum absolute atomic E-state index is 11.9. The predicted molar refractivity (Wildman–Crippen MR) is 96.3 cm³/mol. The van der Waals surface area contributed by atoms with Crippen molar-refractivity contribution in [1.82, 2.24) is 5.32 Å². The van der Waals surface area contributed by atoms with Gasteiger partial charge in [0.2, 0.25) is 0 Å². The fourth-order valence-corrected chi connectivity index (χ4v) is 2.82. The second-order valence-corrected chi connectivity index (χ2v) is 6.78. The Bertz CT molecular complexity index is 694. The molecule has 1 aromatic heterocycles. The van der Waals surface area contributed by atoms with Crippen LogP contribution in [-0.4, -0.2) is 37.6 Å². The SMILES string of the molecule is CN(C)c1ccc(NC(=O)C(=O)NC[C@@](C)(O)c2cccs2)cc1. The van der Waals surface area contributed by atoms with Gasteiger partial charge in [-0.1, -0.05) is 6.07 Å². The molecule has 1 heterocycles. The third-order valence-corrected chi connectivity index (χ3v) is 4.62. The minimum absolute atomic E-state index is 0.0423. The van der Waals surface area contributed by atoms with Crippen molar-refractivity contribution in [2.45, 2.75) is 12.5 Å². The molecule has 128 valence electrons. The van der Waals surface area contributed by atoms with Crippen molar-refractivity contribution in [3.63, 3.8) is 0 Å². The lowest BCUT2D eigenvalue weighted by Gasteiger charge is -2.22. The van der Waals surface area contributed by atoms with Gasteiger partial charge in [0.25, 0.3) is 0 Å². The van der Waals surface area contributed by atoms with Crippen molar-refractivity contribution in [3.8, 4) is 0 Å². The number of thiophene rings is 1. The number of nitrogens with one attached hydrogen (secondary N) is 2. The monoisotopic (exact) mass is 347 g/mol. The van der Waals surface area contributed by atoms with E-state index in [0.29, 0.717) is 5.69 Å². The molecule has 1 aromatic carbocycles. The minimum Gasteiger partial charge on any atom is -0.383 e. The molecule has 0 unspecified atom stereocenters. The van der Waals surface area contributed by atoms with Gasteiger partial charge in [0.15, 0.2) is 0 Å². The number of rotatable bonds is 5. The van der Waals surface area contributed by atoms with Gasteiger partial charge in [0.1, 0.15) is 5.60 Å². The van der Waals surface area contributed by atoms with Gasteiger partial charge in [0.05, 0.1) is 6.54 Å². The third-order valence-electron chi connectivity index (χ3n) is 3.49. The Kier molecular flexibility index (Phi) is 5.58. The molecule has 0 saturated carbocycles. The number of carbonyl (C=O) groups excluding carboxylic acids is 2. The lowest BCUT2D eigenvalue weighted by atomic mass is 10.1. The van der Waals surface area contributed by atoms with Gasteiger partial charge in [-0.2, -0.15) is 0 Å². The molecule has 2 amide bonds. The molecule has 7 heteroatoms.